The Bertz CT molecular complexity index is 1530. The lowest BCUT2D eigenvalue weighted by Gasteiger charge is -2.36. The van der Waals surface area contributed by atoms with Crippen LogP contribution >= 0.6 is 0 Å². The molecule has 248 valence electrons. The maximum absolute atomic E-state index is 13.7. The minimum Gasteiger partial charge on any atom is -0.367 e. The van der Waals surface area contributed by atoms with Gasteiger partial charge in [-0.15, -0.1) is 0 Å². The van der Waals surface area contributed by atoms with Crippen LogP contribution in [0.1, 0.15) is 61.6 Å². The molecular formula is C36H44FN7O3. The summed E-state index contributed by atoms with van der Waals surface area (Å²) in [5, 5.41) is 3.31. The van der Waals surface area contributed by atoms with Gasteiger partial charge in [-0.1, -0.05) is 36.4 Å². The minimum absolute atomic E-state index is 0.0280. The van der Waals surface area contributed by atoms with Crippen molar-refractivity contribution in [2.24, 2.45) is 5.92 Å². The monoisotopic (exact) mass is 641 g/mol. The van der Waals surface area contributed by atoms with Gasteiger partial charge in [0.1, 0.15) is 5.82 Å². The molecule has 2 amide bonds. The summed E-state index contributed by atoms with van der Waals surface area (Å²) in [5.41, 5.74) is 9.16. The fourth-order valence-electron chi connectivity index (χ4n) is 8.05. The van der Waals surface area contributed by atoms with Crippen molar-refractivity contribution in [3.05, 3.63) is 83.9 Å². The summed E-state index contributed by atoms with van der Waals surface area (Å²) in [4.78, 5) is 39.8. The van der Waals surface area contributed by atoms with Gasteiger partial charge < -0.3 is 15.0 Å². The summed E-state index contributed by atoms with van der Waals surface area (Å²) in [7, 11) is 1.60. The number of nitrogens with zero attached hydrogens (tertiary/aromatic N) is 4. The number of nitrogens with one attached hydrogen (secondary N) is 3. The molecule has 0 bridgehead atoms. The zero-order valence-corrected chi connectivity index (χ0v) is 26.9. The van der Waals surface area contributed by atoms with E-state index in [2.05, 4.69) is 55.3 Å². The number of hydrogen-bond donors (Lipinski definition) is 3. The van der Waals surface area contributed by atoms with E-state index in [9.17, 15) is 14.0 Å². The van der Waals surface area contributed by atoms with E-state index in [1.54, 1.807) is 19.5 Å². The number of hydrazine groups is 1. The van der Waals surface area contributed by atoms with Crippen LogP contribution in [0.15, 0.2) is 67.0 Å². The molecule has 7 rings (SSSR count). The first-order valence-electron chi connectivity index (χ1n) is 16.9. The van der Waals surface area contributed by atoms with Crippen molar-refractivity contribution in [3.63, 3.8) is 0 Å². The minimum atomic E-state index is -0.969. The predicted octanol–water partition coefficient (Wildman–Crippen LogP) is 3.58. The van der Waals surface area contributed by atoms with E-state index in [0.717, 1.165) is 62.1 Å². The van der Waals surface area contributed by atoms with Crippen LogP contribution in [-0.4, -0.2) is 89.1 Å². The number of halogens is 1. The molecule has 11 heteroatoms. The van der Waals surface area contributed by atoms with E-state index < -0.39 is 5.60 Å². The lowest BCUT2D eigenvalue weighted by Crippen LogP contribution is -2.55. The summed E-state index contributed by atoms with van der Waals surface area (Å²) in [6, 6.07) is 17.3. The van der Waals surface area contributed by atoms with Crippen molar-refractivity contribution in [2.75, 3.05) is 39.8 Å². The average Bonchev–Trinajstić information content (AvgIpc) is 3.74. The number of hydrogen-bond acceptors (Lipinski definition) is 8. The maximum atomic E-state index is 13.7. The molecule has 3 saturated heterocycles. The number of likely N-dealkylation sites (tertiary alicyclic amines) is 2. The molecule has 2 aromatic carbocycles. The number of carbonyl (C=O) groups excluding carboxylic acids is 2. The highest BCUT2D eigenvalue weighted by molar-refractivity contribution is 5.86. The molecule has 0 radical (unpaired) electrons. The number of aromatic nitrogens is 2. The molecule has 1 saturated carbocycles. The Morgan fingerprint density at radius 1 is 0.957 bits per heavy atom. The largest absolute Gasteiger partial charge is 0.367 e. The van der Waals surface area contributed by atoms with Gasteiger partial charge in [0.2, 0.25) is 5.91 Å². The van der Waals surface area contributed by atoms with E-state index in [-0.39, 0.29) is 35.6 Å². The van der Waals surface area contributed by atoms with Crippen molar-refractivity contribution in [3.8, 4) is 11.4 Å². The third-order valence-corrected chi connectivity index (χ3v) is 10.8. The molecule has 4 aliphatic rings. The summed E-state index contributed by atoms with van der Waals surface area (Å²) in [5.74, 6) is 1.19. The van der Waals surface area contributed by atoms with E-state index in [0.29, 0.717) is 38.0 Å². The number of fused-ring (bicyclic) bond motifs is 1. The second kappa shape index (κ2) is 13.8. The number of benzene rings is 2. The number of methoxy groups -OCH3 is 1. The SMILES string of the molecule is CO[C@@]1(C(=O)NC2CCC3NNC(c4ccc(F)cc4)C3C2)CCN(CC(=O)N2CCC(c3ccc(-c4ncccn4)cc3)CC2)C1. The number of piperidine rings is 1. The van der Waals surface area contributed by atoms with Gasteiger partial charge in [0, 0.05) is 63.3 Å². The molecule has 1 aromatic heterocycles. The highest BCUT2D eigenvalue weighted by Crippen LogP contribution is 2.38. The number of amides is 2. The third-order valence-electron chi connectivity index (χ3n) is 10.8. The zero-order chi connectivity index (χ0) is 32.4. The molecular weight excluding hydrogens is 597 g/mol. The van der Waals surface area contributed by atoms with Gasteiger partial charge >= 0.3 is 0 Å². The van der Waals surface area contributed by atoms with Crippen LogP contribution in [0, 0.1) is 11.7 Å². The van der Waals surface area contributed by atoms with Crippen molar-refractivity contribution >= 4 is 11.8 Å². The van der Waals surface area contributed by atoms with Crippen LogP contribution in [0.2, 0.25) is 0 Å². The first kappa shape index (κ1) is 31.8. The first-order valence-corrected chi connectivity index (χ1v) is 16.9. The van der Waals surface area contributed by atoms with Crippen LogP contribution in [0.25, 0.3) is 11.4 Å². The molecule has 3 aliphatic heterocycles. The molecule has 10 nitrogen and oxygen atoms in total. The second-order valence-corrected chi connectivity index (χ2v) is 13.6. The highest BCUT2D eigenvalue weighted by atomic mass is 19.1. The maximum Gasteiger partial charge on any atom is 0.253 e. The molecule has 3 aromatic rings. The molecule has 5 atom stereocenters. The Labute approximate surface area is 275 Å². The summed E-state index contributed by atoms with van der Waals surface area (Å²) in [6.45, 7) is 2.77. The molecule has 0 spiro atoms. The van der Waals surface area contributed by atoms with Crippen LogP contribution in [0.3, 0.4) is 0 Å². The highest BCUT2D eigenvalue weighted by Gasteiger charge is 2.48. The predicted molar refractivity (Wildman–Crippen MR) is 175 cm³/mol. The molecule has 4 fully saturated rings. The number of ether oxygens (including phenoxy) is 1. The van der Waals surface area contributed by atoms with Crippen molar-refractivity contribution < 1.29 is 18.7 Å². The fraction of sp³-hybridized carbons (Fsp3) is 0.500. The number of rotatable bonds is 8. The van der Waals surface area contributed by atoms with Gasteiger partial charge in [-0.05, 0) is 79.7 Å². The zero-order valence-electron chi connectivity index (χ0n) is 26.9. The quantitative estimate of drug-likeness (QED) is 0.343. The molecule has 47 heavy (non-hydrogen) atoms. The van der Waals surface area contributed by atoms with E-state index >= 15 is 0 Å². The van der Waals surface area contributed by atoms with Crippen molar-refractivity contribution in [1.29, 1.82) is 0 Å². The Morgan fingerprint density at radius 2 is 1.68 bits per heavy atom. The van der Waals surface area contributed by atoms with Gasteiger partial charge in [0.15, 0.2) is 11.4 Å². The van der Waals surface area contributed by atoms with Crippen molar-refractivity contribution in [2.45, 2.75) is 68.2 Å². The Morgan fingerprint density at radius 3 is 2.40 bits per heavy atom. The van der Waals surface area contributed by atoms with Crippen LogP contribution < -0.4 is 16.2 Å². The van der Waals surface area contributed by atoms with Gasteiger partial charge in [0.05, 0.1) is 12.6 Å². The number of carbonyl (C=O) groups is 2. The Kier molecular flexibility index (Phi) is 9.31. The van der Waals surface area contributed by atoms with Gasteiger partial charge in [0.25, 0.3) is 5.91 Å². The van der Waals surface area contributed by atoms with Gasteiger partial charge in [-0.25, -0.2) is 19.8 Å². The normalized spacial score (nSPS) is 28.3. The van der Waals surface area contributed by atoms with Gasteiger partial charge in [-0.3, -0.25) is 19.9 Å². The summed E-state index contributed by atoms with van der Waals surface area (Å²) >= 11 is 0. The fourth-order valence-corrected chi connectivity index (χ4v) is 8.05. The van der Waals surface area contributed by atoms with E-state index in [1.807, 2.05) is 23.1 Å². The van der Waals surface area contributed by atoms with E-state index in [1.165, 1.54) is 17.7 Å². The average molecular weight is 642 g/mol. The lowest BCUT2D eigenvalue weighted by atomic mass is 9.77. The van der Waals surface area contributed by atoms with Crippen LogP contribution in [0.5, 0.6) is 0 Å². The topological polar surface area (TPSA) is 112 Å². The smallest absolute Gasteiger partial charge is 0.253 e. The molecule has 1 aliphatic carbocycles. The Balaban J connectivity index is 0.891. The lowest BCUT2D eigenvalue weighted by molar-refractivity contribution is -0.144. The second-order valence-electron chi connectivity index (χ2n) is 13.6. The van der Waals surface area contributed by atoms with Crippen LogP contribution in [0.4, 0.5) is 4.39 Å². The molecule has 4 unspecified atom stereocenters. The van der Waals surface area contributed by atoms with Crippen molar-refractivity contribution in [1.82, 2.24) is 35.9 Å². The third kappa shape index (κ3) is 6.80. The standard InChI is InChI=1S/C36H44FN7O3/c1-47-36(35(46)40-29-11-12-31-30(21-29)33(42-41-31)26-7-9-28(37)10-8-26)15-20-43(23-36)22-32(45)44-18-13-25(14-19-44)24-3-5-27(6-4-24)34-38-16-2-17-39-34/h2-10,16-17,25,29-31,33,41-42H,11-15,18-23H2,1H3,(H,40,46)/t29?,30?,31?,33?,36-/m0/s1. The van der Waals surface area contributed by atoms with Crippen LogP contribution in [-0.2, 0) is 14.3 Å². The first-order chi connectivity index (χ1) is 22.9. The Hall–Kier alpha value is -3.77. The molecule has 4 heterocycles. The van der Waals surface area contributed by atoms with E-state index in [4.69, 9.17) is 4.74 Å². The van der Waals surface area contributed by atoms with Gasteiger partial charge in [-0.2, -0.15) is 0 Å². The molecule has 3 N–H and O–H groups in total. The summed E-state index contributed by atoms with van der Waals surface area (Å²) < 4.78 is 19.4. The summed E-state index contributed by atoms with van der Waals surface area (Å²) in [6.07, 6.45) is 8.53.